The van der Waals surface area contributed by atoms with Gasteiger partial charge in [0, 0.05) is 20.3 Å². The van der Waals surface area contributed by atoms with E-state index in [2.05, 4.69) is 17.8 Å². The quantitative estimate of drug-likeness (QED) is 0.571. The lowest BCUT2D eigenvalue weighted by Crippen LogP contribution is -2.42. The van der Waals surface area contributed by atoms with Crippen LogP contribution in [0.1, 0.15) is 19.3 Å². The Kier molecular flexibility index (Phi) is 6.82. The molecule has 20 heavy (non-hydrogen) atoms. The number of ether oxygens (including phenoxy) is 1. The van der Waals surface area contributed by atoms with Crippen molar-refractivity contribution in [1.29, 1.82) is 0 Å². The topological polar surface area (TPSA) is 58.6 Å². The maximum atomic E-state index is 11.8. The molecule has 1 heterocycles. The molecule has 0 aliphatic carbocycles. The SMILES string of the molecule is C#CC(CC1CCOCC1)NC(=O)CN(C)C(=O)C=C. The Bertz CT molecular complexity index is 394. The summed E-state index contributed by atoms with van der Waals surface area (Å²) < 4.78 is 5.29. The summed E-state index contributed by atoms with van der Waals surface area (Å²) in [4.78, 5) is 24.4. The second-order valence-corrected chi connectivity index (χ2v) is 4.98. The van der Waals surface area contributed by atoms with Gasteiger partial charge in [-0.15, -0.1) is 6.42 Å². The zero-order valence-corrected chi connectivity index (χ0v) is 11.9. The van der Waals surface area contributed by atoms with Crippen molar-refractivity contribution in [2.45, 2.75) is 25.3 Å². The van der Waals surface area contributed by atoms with Crippen molar-refractivity contribution in [3.63, 3.8) is 0 Å². The maximum absolute atomic E-state index is 11.8. The van der Waals surface area contributed by atoms with Crippen LogP contribution in [-0.2, 0) is 14.3 Å². The average Bonchev–Trinajstić information content (AvgIpc) is 2.46. The Hall–Kier alpha value is -1.80. The van der Waals surface area contributed by atoms with Crippen molar-refractivity contribution in [3.05, 3.63) is 12.7 Å². The summed E-state index contributed by atoms with van der Waals surface area (Å²) in [5.41, 5.74) is 0. The molecular formula is C15H22N2O3. The van der Waals surface area contributed by atoms with E-state index >= 15 is 0 Å². The molecule has 1 N–H and O–H groups in total. The third-order valence-corrected chi connectivity index (χ3v) is 3.38. The Morgan fingerprint density at radius 2 is 2.20 bits per heavy atom. The predicted octanol–water partition coefficient (Wildman–Crippen LogP) is 0.566. The second kappa shape index (κ2) is 8.39. The van der Waals surface area contributed by atoms with Gasteiger partial charge in [0.2, 0.25) is 11.8 Å². The first-order valence-corrected chi connectivity index (χ1v) is 6.77. The molecule has 0 aromatic carbocycles. The first kappa shape index (κ1) is 16.3. The second-order valence-electron chi connectivity index (χ2n) is 4.98. The van der Waals surface area contributed by atoms with Gasteiger partial charge >= 0.3 is 0 Å². The molecule has 0 radical (unpaired) electrons. The van der Waals surface area contributed by atoms with Crippen molar-refractivity contribution in [2.24, 2.45) is 5.92 Å². The summed E-state index contributed by atoms with van der Waals surface area (Å²) in [6.45, 7) is 4.87. The molecule has 110 valence electrons. The fraction of sp³-hybridized carbons (Fsp3) is 0.600. The maximum Gasteiger partial charge on any atom is 0.246 e. The van der Waals surface area contributed by atoms with E-state index in [1.807, 2.05) is 0 Å². The highest BCUT2D eigenvalue weighted by Crippen LogP contribution is 2.19. The number of terminal acetylenes is 1. The highest BCUT2D eigenvalue weighted by molar-refractivity contribution is 5.90. The van der Waals surface area contributed by atoms with Gasteiger partial charge < -0.3 is 15.0 Å². The third kappa shape index (κ3) is 5.45. The molecule has 5 nitrogen and oxygen atoms in total. The highest BCUT2D eigenvalue weighted by Gasteiger charge is 2.20. The van der Waals surface area contributed by atoms with Crippen molar-refractivity contribution < 1.29 is 14.3 Å². The molecule has 0 spiro atoms. The molecule has 0 aromatic heterocycles. The molecule has 1 fully saturated rings. The Morgan fingerprint density at radius 3 is 2.75 bits per heavy atom. The van der Waals surface area contributed by atoms with E-state index in [1.54, 1.807) is 7.05 Å². The molecule has 0 saturated carbocycles. The Balaban J connectivity index is 2.39. The van der Waals surface area contributed by atoms with Crippen LogP contribution in [0, 0.1) is 18.3 Å². The molecular weight excluding hydrogens is 256 g/mol. The number of hydrogen-bond donors (Lipinski definition) is 1. The van der Waals surface area contributed by atoms with Gasteiger partial charge in [0.25, 0.3) is 0 Å². The minimum absolute atomic E-state index is 0.0171. The molecule has 5 heteroatoms. The van der Waals surface area contributed by atoms with Gasteiger partial charge in [-0.3, -0.25) is 9.59 Å². The molecule has 1 atom stereocenters. The molecule has 2 amide bonds. The lowest BCUT2D eigenvalue weighted by molar-refractivity contribution is -0.131. The molecule has 1 rings (SSSR count). The summed E-state index contributed by atoms with van der Waals surface area (Å²) in [7, 11) is 1.55. The van der Waals surface area contributed by atoms with E-state index < -0.39 is 0 Å². The van der Waals surface area contributed by atoms with Gasteiger partial charge in [-0.05, 0) is 31.3 Å². The van der Waals surface area contributed by atoms with Crippen LogP contribution in [0.2, 0.25) is 0 Å². The normalized spacial score (nSPS) is 16.8. The van der Waals surface area contributed by atoms with E-state index in [1.165, 1.54) is 11.0 Å². The van der Waals surface area contributed by atoms with Crippen LogP contribution in [-0.4, -0.2) is 49.6 Å². The van der Waals surface area contributed by atoms with Crippen LogP contribution >= 0.6 is 0 Å². The molecule has 1 aliphatic heterocycles. The molecule has 1 aliphatic rings. The molecule has 1 unspecified atom stereocenters. The standard InChI is InChI=1S/C15H22N2O3/c1-4-13(10-12-6-8-20-9-7-12)16-14(18)11-17(3)15(19)5-2/h1,5,12-13H,2,6-11H2,3H3,(H,16,18). The van der Waals surface area contributed by atoms with E-state index in [-0.39, 0.29) is 24.4 Å². The third-order valence-electron chi connectivity index (χ3n) is 3.38. The van der Waals surface area contributed by atoms with Crippen molar-refractivity contribution in [1.82, 2.24) is 10.2 Å². The fourth-order valence-corrected chi connectivity index (χ4v) is 2.17. The van der Waals surface area contributed by atoms with Crippen LogP contribution in [0.4, 0.5) is 0 Å². The number of amides is 2. The van der Waals surface area contributed by atoms with Crippen LogP contribution in [0.25, 0.3) is 0 Å². The summed E-state index contributed by atoms with van der Waals surface area (Å²) in [5.74, 6) is 2.54. The van der Waals surface area contributed by atoms with Crippen LogP contribution in [0.15, 0.2) is 12.7 Å². The predicted molar refractivity (Wildman–Crippen MR) is 76.8 cm³/mol. The van der Waals surface area contributed by atoms with Gasteiger partial charge in [-0.1, -0.05) is 12.5 Å². The van der Waals surface area contributed by atoms with Gasteiger partial charge in [-0.25, -0.2) is 0 Å². The first-order valence-electron chi connectivity index (χ1n) is 6.77. The van der Waals surface area contributed by atoms with Crippen LogP contribution < -0.4 is 5.32 Å². The molecule has 0 bridgehead atoms. The summed E-state index contributed by atoms with van der Waals surface area (Å²) in [6.07, 6.45) is 9.34. The van der Waals surface area contributed by atoms with Crippen molar-refractivity contribution in [2.75, 3.05) is 26.8 Å². The molecule has 0 aromatic rings. The van der Waals surface area contributed by atoms with Gasteiger partial charge in [0.05, 0.1) is 12.6 Å². The molecule has 1 saturated heterocycles. The summed E-state index contributed by atoms with van der Waals surface area (Å²) >= 11 is 0. The summed E-state index contributed by atoms with van der Waals surface area (Å²) in [5, 5.41) is 2.78. The number of nitrogens with zero attached hydrogens (tertiary/aromatic N) is 1. The monoisotopic (exact) mass is 278 g/mol. The van der Waals surface area contributed by atoms with E-state index in [4.69, 9.17) is 11.2 Å². The van der Waals surface area contributed by atoms with E-state index in [0.29, 0.717) is 5.92 Å². The number of carbonyl (C=O) groups is 2. The lowest BCUT2D eigenvalue weighted by Gasteiger charge is -2.25. The first-order chi connectivity index (χ1) is 9.56. The lowest BCUT2D eigenvalue weighted by atomic mass is 9.93. The highest BCUT2D eigenvalue weighted by atomic mass is 16.5. The van der Waals surface area contributed by atoms with E-state index in [9.17, 15) is 9.59 Å². The number of nitrogens with one attached hydrogen (secondary N) is 1. The smallest absolute Gasteiger partial charge is 0.246 e. The Labute approximate surface area is 120 Å². The summed E-state index contributed by atoms with van der Waals surface area (Å²) in [6, 6.07) is -0.294. The zero-order chi connectivity index (χ0) is 15.0. The zero-order valence-electron chi connectivity index (χ0n) is 11.9. The van der Waals surface area contributed by atoms with Gasteiger partial charge in [-0.2, -0.15) is 0 Å². The van der Waals surface area contributed by atoms with Gasteiger partial charge in [0.1, 0.15) is 0 Å². The minimum Gasteiger partial charge on any atom is -0.381 e. The number of rotatable bonds is 6. The van der Waals surface area contributed by atoms with Crippen molar-refractivity contribution in [3.8, 4) is 12.3 Å². The van der Waals surface area contributed by atoms with E-state index in [0.717, 1.165) is 32.5 Å². The minimum atomic E-state index is -0.294. The number of carbonyl (C=O) groups excluding carboxylic acids is 2. The van der Waals surface area contributed by atoms with Gasteiger partial charge in [0.15, 0.2) is 0 Å². The Morgan fingerprint density at radius 1 is 1.55 bits per heavy atom. The van der Waals surface area contributed by atoms with Crippen LogP contribution in [0.3, 0.4) is 0 Å². The fourth-order valence-electron chi connectivity index (χ4n) is 2.17. The van der Waals surface area contributed by atoms with Crippen molar-refractivity contribution >= 4 is 11.8 Å². The largest absolute Gasteiger partial charge is 0.381 e. The van der Waals surface area contributed by atoms with Crippen LogP contribution in [0.5, 0.6) is 0 Å². The number of likely N-dealkylation sites (N-methyl/N-ethyl adjacent to an activating group) is 1. The average molecular weight is 278 g/mol. The number of hydrogen-bond acceptors (Lipinski definition) is 3.